The zero-order valence-corrected chi connectivity index (χ0v) is 13.1. The number of benzene rings is 1. The van der Waals surface area contributed by atoms with Crippen molar-refractivity contribution in [3.8, 4) is 0 Å². The van der Waals surface area contributed by atoms with Crippen LogP contribution in [0.2, 0.25) is 0 Å². The van der Waals surface area contributed by atoms with Crippen molar-refractivity contribution in [2.45, 2.75) is 32.2 Å². The van der Waals surface area contributed by atoms with Crippen molar-refractivity contribution < 1.29 is 4.74 Å². The van der Waals surface area contributed by atoms with Crippen LogP contribution in [-0.4, -0.2) is 33.9 Å². The molecule has 1 aliphatic heterocycles. The smallest absolute Gasteiger partial charge is 0.0491 e. The lowest BCUT2D eigenvalue weighted by Gasteiger charge is -2.35. The largest absolute Gasteiger partial charge is 0.384 e. The third-order valence-corrected chi connectivity index (χ3v) is 4.43. The molecule has 1 aromatic carbocycles. The summed E-state index contributed by atoms with van der Waals surface area (Å²) >= 11 is 0. The van der Waals surface area contributed by atoms with Crippen LogP contribution >= 0.6 is 0 Å². The van der Waals surface area contributed by atoms with E-state index >= 15 is 0 Å². The summed E-state index contributed by atoms with van der Waals surface area (Å²) in [5.41, 5.74) is 2.84. The minimum atomic E-state index is 0.447. The molecule has 0 radical (unpaired) electrons. The lowest BCUT2D eigenvalue weighted by Crippen LogP contribution is -2.36. The summed E-state index contributed by atoms with van der Waals surface area (Å²) in [7, 11) is 3.86. The topological polar surface area (TPSA) is 24.5 Å². The maximum Gasteiger partial charge on any atom is 0.0491 e. The zero-order valence-electron chi connectivity index (χ0n) is 13.1. The van der Waals surface area contributed by atoms with Crippen LogP contribution in [0.5, 0.6) is 0 Å². The highest BCUT2D eigenvalue weighted by molar-refractivity contribution is 5.55. The lowest BCUT2D eigenvalue weighted by atomic mass is 9.95. The minimum absolute atomic E-state index is 0.447. The Kier molecular flexibility index (Phi) is 5.86. The van der Waals surface area contributed by atoms with E-state index in [0.29, 0.717) is 6.04 Å². The second kappa shape index (κ2) is 7.65. The van der Waals surface area contributed by atoms with Gasteiger partial charge in [-0.15, -0.1) is 0 Å². The molecule has 1 aliphatic rings. The van der Waals surface area contributed by atoms with Crippen LogP contribution in [0.3, 0.4) is 0 Å². The van der Waals surface area contributed by atoms with Crippen LogP contribution in [0.4, 0.5) is 5.69 Å². The highest BCUT2D eigenvalue weighted by Gasteiger charge is 2.22. The number of para-hydroxylation sites is 1. The molecule has 1 unspecified atom stereocenters. The monoisotopic (exact) mass is 276 g/mol. The molecule has 3 nitrogen and oxygen atoms in total. The van der Waals surface area contributed by atoms with Gasteiger partial charge in [0.2, 0.25) is 0 Å². The van der Waals surface area contributed by atoms with Crippen LogP contribution in [0.15, 0.2) is 24.3 Å². The highest BCUT2D eigenvalue weighted by Crippen LogP contribution is 2.31. The van der Waals surface area contributed by atoms with E-state index < -0.39 is 0 Å². The van der Waals surface area contributed by atoms with E-state index in [4.69, 9.17) is 4.74 Å². The summed E-state index contributed by atoms with van der Waals surface area (Å²) in [6, 6.07) is 9.29. The molecule has 0 aliphatic carbocycles. The first-order chi connectivity index (χ1) is 9.80. The fourth-order valence-electron chi connectivity index (χ4n) is 3.23. The zero-order chi connectivity index (χ0) is 14.4. The molecule has 0 saturated carbocycles. The Balaban J connectivity index is 2.09. The molecule has 2 rings (SSSR count). The van der Waals surface area contributed by atoms with Gasteiger partial charge >= 0.3 is 0 Å². The summed E-state index contributed by atoms with van der Waals surface area (Å²) in [6.45, 7) is 5.43. The first-order valence-corrected chi connectivity index (χ1v) is 7.80. The summed E-state index contributed by atoms with van der Waals surface area (Å²) in [4.78, 5) is 2.54. The molecule has 0 bridgehead atoms. The van der Waals surface area contributed by atoms with Crippen molar-refractivity contribution in [1.82, 2.24) is 5.32 Å². The first kappa shape index (κ1) is 15.3. The SMILES string of the molecule is CCC(NC)c1ccccc1N1CCC(COC)CC1. The molecule has 1 N–H and O–H groups in total. The molecule has 3 heteroatoms. The molecule has 0 spiro atoms. The molecular formula is C17H28N2O. The molecule has 1 aromatic rings. The molecule has 20 heavy (non-hydrogen) atoms. The summed E-state index contributed by atoms with van der Waals surface area (Å²) in [5, 5.41) is 3.43. The fraction of sp³-hybridized carbons (Fsp3) is 0.647. The average Bonchev–Trinajstić information content (AvgIpc) is 2.50. The Labute approximate surface area is 123 Å². The van der Waals surface area contributed by atoms with Crippen LogP contribution in [0.1, 0.15) is 37.8 Å². The van der Waals surface area contributed by atoms with Crippen LogP contribution in [0.25, 0.3) is 0 Å². The predicted molar refractivity (Wildman–Crippen MR) is 85.3 cm³/mol. The number of nitrogens with zero attached hydrogens (tertiary/aromatic N) is 1. The number of nitrogens with one attached hydrogen (secondary N) is 1. The number of anilines is 1. The van der Waals surface area contributed by atoms with Gasteiger partial charge in [-0.25, -0.2) is 0 Å². The molecule has 1 atom stereocenters. The van der Waals surface area contributed by atoms with E-state index in [1.165, 1.54) is 24.1 Å². The quantitative estimate of drug-likeness (QED) is 0.863. The molecule has 0 aromatic heterocycles. The highest BCUT2D eigenvalue weighted by atomic mass is 16.5. The normalized spacial score (nSPS) is 18.2. The first-order valence-electron chi connectivity index (χ1n) is 7.80. The second-order valence-corrected chi connectivity index (χ2v) is 5.69. The van der Waals surface area contributed by atoms with Crippen LogP contribution in [0, 0.1) is 5.92 Å². The van der Waals surface area contributed by atoms with E-state index in [1.54, 1.807) is 7.11 Å². The maximum atomic E-state index is 5.29. The predicted octanol–water partition coefficient (Wildman–Crippen LogP) is 3.22. The van der Waals surface area contributed by atoms with Crippen LogP contribution < -0.4 is 10.2 Å². The van der Waals surface area contributed by atoms with E-state index in [-0.39, 0.29) is 0 Å². The minimum Gasteiger partial charge on any atom is -0.384 e. The Morgan fingerprint density at radius 1 is 1.30 bits per heavy atom. The van der Waals surface area contributed by atoms with Gasteiger partial charge in [0.15, 0.2) is 0 Å². The fourth-order valence-corrected chi connectivity index (χ4v) is 3.23. The Morgan fingerprint density at radius 3 is 2.60 bits per heavy atom. The number of hydrogen-bond donors (Lipinski definition) is 1. The van der Waals surface area contributed by atoms with E-state index in [2.05, 4.69) is 48.5 Å². The van der Waals surface area contributed by atoms with Crippen LogP contribution in [-0.2, 0) is 4.74 Å². The van der Waals surface area contributed by atoms with Crippen molar-refractivity contribution in [3.63, 3.8) is 0 Å². The number of piperidine rings is 1. The number of hydrogen-bond acceptors (Lipinski definition) is 3. The van der Waals surface area contributed by atoms with Gasteiger partial charge in [0.1, 0.15) is 0 Å². The number of rotatable bonds is 6. The van der Waals surface area contributed by atoms with Crippen molar-refractivity contribution in [2.24, 2.45) is 5.92 Å². The summed E-state index contributed by atoms with van der Waals surface area (Å²) in [6.07, 6.45) is 3.59. The van der Waals surface area contributed by atoms with Crippen molar-refractivity contribution >= 4 is 5.69 Å². The van der Waals surface area contributed by atoms with Gasteiger partial charge in [0.05, 0.1) is 0 Å². The van der Waals surface area contributed by atoms with E-state index in [1.807, 2.05) is 0 Å². The molecular weight excluding hydrogens is 248 g/mol. The standard InChI is InChI=1S/C17H28N2O/c1-4-16(18-2)15-7-5-6-8-17(15)19-11-9-14(10-12-19)13-20-3/h5-8,14,16,18H,4,9-13H2,1-3H3. The van der Waals surface area contributed by atoms with E-state index in [9.17, 15) is 0 Å². The van der Waals surface area contributed by atoms with Gasteiger partial charge in [-0.05, 0) is 43.9 Å². The van der Waals surface area contributed by atoms with Crippen molar-refractivity contribution in [1.29, 1.82) is 0 Å². The van der Waals surface area contributed by atoms with Gasteiger partial charge < -0.3 is 15.0 Å². The molecule has 1 heterocycles. The molecule has 1 fully saturated rings. The molecule has 112 valence electrons. The Hall–Kier alpha value is -1.06. The molecule has 1 saturated heterocycles. The molecule has 0 amide bonds. The summed E-state index contributed by atoms with van der Waals surface area (Å²) in [5.74, 6) is 0.731. The van der Waals surface area contributed by atoms with Gasteiger partial charge in [-0.2, -0.15) is 0 Å². The Bertz CT molecular complexity index is 396. The van der Waals surface area contributed by atoms with Crippen molar-refractivity contribution in [2.75, 3.05) is 38.8 Å². The van der Waals surface area contributed by atoms with Gasteiger partial charge in [0, 0.05) is 38.5 Å². The van der Waals surface area contributed by atoms with Gasteiger partial charge in [-0.3, -0.25) is 0 Å². The third kappa shape index (κ3) is 3.53. The van der Waals surface area contributed by atoms with Gasteiger partial charge in [0.25, 0.3) is 0 Å². The lowest BCUT2D eigenvalue weighted by molar-refractivity contribution is 0.139. The second-order valence-electron chi connectivity index (χ2n) is 5.69. The van der Waals surface area contributed by atoms with Gasteiger partial charge in [-0.1, -0.05) is 25.1 Å². The maximum absolute atomic E-state index is 5.29. The Morgan fingerprint density at radius 2 is 2.00 bits per heavy atom. The van der Waals surface area contributed by atoms with E-state index in [0.717, 1.165) is 32.0 Å². The number of ether oxygens (including phenoxy) is 1. The summed E-state index contributed by atoms with van der Waals surface area (Å²) < 4.78 is 5.29. The van der Waals surface area contributed by atoms with Crippen molar-refractivity contribution in [3.05, 3.63) is 29.8 Å². The number of methoxy groups -OCH3 is 1. The average molecular weight is 276 g/mol. The third-order valence-electron chi connectivity index (χ3n) is 4.43.